The van der Waals surface area contributed by atoms with Crippen LogP contribution in [0.5, 0.6) is 5.75 Å². The molecule has 0 fully saturated rings. The van der Waals surface area contributed by atoms with Gasteiger partial charge >= 0.3 is 0 Å². The molecule has 0 atom stereocenters. The number of carbonyl (C=O) groups is 2. The van der Waals surface area contributed by atoms with Gasteiger partial charge in [0.1, 0.15) is 5.75 Å². The Kier molecular flexibility index (Phi) is 3.10. The minimum Gasteiger partial charge on any atom is -0.495 e. The molecule has 0 aromatic heterocycles. The maximum Gasteiger partial charge on any atom is 0.228 e. The molecule has 5 nitrogen and oxygen atoms in total. The van der Waals surface area contributed by atoms with Crippen LogP contribution in [0.15, 0.2) is 36.4 Å². The van der Waals surface area contributed by atoms with E-state index in [4.69, 9.17) is 10.5 Å². The molecule has 5 heteroatoms. The fourth-order valence-corrected chi connectivity index (χ4v) is 2.41. The number of ketones is 1. The van der Waals surface area contributed by atoms with E-state index < -0.39 is 0 Å². The highest BCUT2D eigenvalue weighted by Gasteiger charge is 2.20. The molecule has 1 aliphatic heterocycles. The van der Waals surface area contributed by atoms with Gasteiger partial charge in [0, 0.05) is 16.8 Å². The zero-order chi connectivity index (χ0) is 15.0. The van der Waals surface area contributed by atoms with Gasteiger partial charge in [0.2, 0.25) is 5.91 Å². The Labute approximate surface area is 121 Å². The first kappa shape index (κ1) is 13.2. The molecule has 0 radical (unpaired) electrons. The Morgan fingerprint density at radius 1 is 1.19 bits per heavy atom. The second kappa shape index (κ2) is 4.94. The number of nitrogens with one attached hydrogen (secondary N) is 1. The van der Waals surface area contributed by atoms with E-state index >= 15 is 0 Å². The number of nitrogens with two attached hydrogens (primary N) is 1. The van der Waals surface area contributed by atoms with E-state index in [-0.39, 0.29) is 11.7 Å². The SMILES string of the molecule is COc1ccc(C(=O)c2ccc3c(c2)CC(=O)N3)cc1N. The molecule has 106 valence electrons. The van der Waals surface area contributed by atoms with Crippen molar-refractivity contribution in [3.05, 3.63) is 53.1 Å². The third kappa shape index (κ3) is 2.33. The van der Waals surface area contributed by atoms with Crippen LogP contribution in [0.25, 0.3) is 0 Å². The maximum absolute atomic E-state index is 12.5. The fraction of sp³-hybridized carbons (Fsp3) is 0.125. The van der Waals surface area contributed by atoms with Gasteiger partial charge in [-0.25, -0.2) is 0 Å². The number of benzene rings is 2. The van der Waals surface area contributed by atoms with Crippen LogP contribution >= 0.6 is 0 Å². The number of ether oxygens (including phenoxy) is 1. The van der Waals surface area contributed by atoms with E-state index in [1.165, 1.54) is 7.11 Å². The third-order valence-electron chi connectivity index (χ3n) is 3.48. The maximum atomic E-state index is 12.5. The summed E-state index contributed by atoms with van der Waals surface area (Å²) < 4.78 is 5.08. The monoisotopic (exact) mass is 282 g/mol. The quantitative estimate of drug-likeness (QED) is 0.666. The van der Waals surface area contributed by atoms with Crippen molar-refractivity contribution in [2.45, 2.75) is 6.42 Å². The van der Waals surface area contributed by atoms with E-state index in [1.54, 1.807) is 36.4 Å². The van der Waals surface area contributed by atoms with E-state index in [0.717, 1.165) is 11.3 Å². The van der Waals surface area contributed by atoms with Crippen molar-refractivity contribution in [3.63, 3.8) is 0 Å². The van der Waals surface area contributed by atoms with Crippen LogP contribution < -0.4 is 15.8 Å². The molecule has 0 bridgehead atoms. The lowest BCUT2D eigenvalue weighted by Gasteiger charge is -2.07. The van der Waals surface area contributed by atoms with Crippen molar-refractivity contribution in [3.8, 4) is 5.75 Å². The number of rotatable bonds is 3. The molecule has 21 heavy (non-hydrogen) atoms. The number of nitrogen functional groups attached to an aromatic ring is 1. The second-order valence-electron chi connectivity index (χ2n) is 4.88. The number of hydrogen-bond acceptors (Lipinski definition) is 4. The van der Waals surface area contributed by atoms with Crippen LogP contribution in [0.4, 0.5) is 11.4 Å². The largest absolute Gasteiger partial charge is 0.495 e. The zero-order valence-electron chi connectivity index (χ0n) is 11.5. The van der Waals surface area contributed by atoms with Gasteiger partial charge in [0.15, 0.2) is 5.78 Å². The van der Waals surface area contributed by atoms with E-state index in [0.29, 0.717) is 29.0 Å². The summed E-state index contributed by atoms with van der Waals surface area (Å²) in [7, 11) is 1.53. The van der Waals surface area contributed by atoms with E-state index in [1.807, 2.05) is 0 Å². The number of fused-ring (bicyclic) bond motifs is 1. The summed E-state index contributed by atoms with van der Waals surface area (Å²) in [5, 5.41) is 2.74. The van der Waals surface area contributed by atoms with Gasteiger partial charge in [-0.15, -0.1) is 0 Å². The highest BCUT2D eigenvalue weighted by molar-refractivity contribution is 6.10. The summed E-state index contributed by atoms with van der Waals surface area (Å²) in [6.45, 7) is 0. The van der Waals surface area contributed by atoms with Gasteiger partial charge in [0.05, 0.1) is 19.2 Å². The predicted octanol–water partition coefficient (Wildman–Crippen LogP) is 2.00. The smallest absolute Gasteiger partial charge is 0.228 e. The van der Waals surface area contributed by atoms with Crippen LogP contribution in [0, 0.1) is 0 Å². The molecule has 0 unspecified atom stereocenters. The number of amides is 1. The molecule has 0 aliphatic carbocycles. The van der Waals surface area contributed by atoms with Gasteiger partial charge in [0.25, 0.3) is 0 Å². The summed E-state index contributed by atoms with van der Waals surface area (Å²) in [4.78, 5) is 23.8. The topological polar surface area (TPSA) is 81.4 Å². The van der Waals surface area contributed by atoms with Crippen molar-refractivity contribution in [2.24, 2.45) is 0 Å². The van der Waals surface area contributed by atoms with Gasteiger partial charge in [-0.3, -0.25) is 9.59 Å². The molecular weight excluding hydrogens is 268 g/mol. The third-order valence-corrected chi connectivity index (χ3v) is 3.48. The number of methoxy groups -OCH3 is 1. The summed E-state index contributed by atoms with van der Waals surface area (Å²) in [5.41, 5.74) is 8.88. The summed E-state index contributed by atoms with van der Waals surface area (Å²) >= 11 is 0. The second-order valence-corrected chi connectivity index (χ2v) is 4.88. The number of carbonyl (C=O) groups excluding carboxylic acids is 2. The summed E-state index contributed by atoms with van der Waals surface area (Å²) in [5.74, 6) is 0.352. The normalized spacial score (nSPS) is 12.7. The molecular formula is C16H14N2O3. The predicted molar refractivity (Wildman–Crippen MR) is 79.6 cm³/mol. The van der Waals surface area contributed by atoms with E-state index in [9.17, 15) is 9.59 Å². The summed E-state index contributed by atoms with van der Waals surface area (Å²) in [6.07, 6.45) is 0.307. The Morgan fingerprint density at radius 3 is 2.62 bits per heavy atom. The lowest BCUT2D eigenvalue weighted by Crippen LogP contribution is -2.03. The van der Waals surface area contributed by atoms with Crippen LogP contribution in [0.1, 0.15) is 21.5 Å². The van der Waals surface area contributed by atoms with Crippen LogP contribution in [0.2, 0.25) is 0 Å². The molecule has 3 N–H and O–H groups in total. The Morgan fingerprint density at radius 2 is 1.90 bits per heavy atom. The molecule has 1 heterocycles. The van der Waals surface area contributed by atoms with Crippen molar-refractivity contribution in [1.29, 1.82) is 0 Å². The molecule has 3 rings (SSSR count). The van der Waals surface area contributed by atoms with Gasteiger partial charge in [-0.05, 0) is 42.0 Å². The first-order valence-corrected chi connectivity index (χ1v) is 6.49. The molecule has 0 spiro atoms. The molecule has 1 aliphatic rings. The standard InChI is InChI=1S/C16H14N2O3/c1-21-14-5-3-10(7-12(14)17)16(20)9-2-4-13-11(6-9)8-15(19)18-13/h2-7H,8,17H2,1H3,(H,18,19). The highest BCUT2D eigenvalue weighted by Crippen LogP contribution is 2.27. The Hall–Kier alpha value is -2.82. The Bertz CT molecular complexity index is 753. The summed E-state index contributed by atoms with van der Waals surface area (Å²) in [6, 6.07) is 10.1. The lowest BCUT2D eigenvalue weighted by molar-refractivity contribution is -0.115. The molecule has 1 amide bonds. The van der Waals surface area contributed by atoms with Gasteiger partial charge in [-0.1, -0.05) is 0 Å². The van der Waals surface area contributed by atoms with Crippen LogP contribution in [-0.4, -0.2) is 18.8 Å². The average molecular weight is 282 g/mol. The van der Waals surface area contributed by atoms with Crippen molar-refractivity contribution in [1.82, 2.24) is 0 Å². The first-order chi connectivity index (χ1) is 10.1. The lowest BCUT2D eigenvalue weighted by atomic mass is 10.00. The van der Waals surface area contributed by atoms with E-state index in [2.05, 4.69) is 5.32 Å². The van der Waals surface area contributed by atoms with Gasteiger partial charge in [-0.2, -0.15) is 0 Å². The van der Waals surface area contributed by atoms with Crippen LogP contribution in [0.3, 0.4) is 0 Å². The highest BCUT2D eigenvalue weighted by atomic mass is 16.5. The zero-order valence-corrected chi connectivity index (χ0v) is 11.5. The molecule has 0 saturated carbocycles. The van der Waals surface area contributed by atoms with Crippen molar-refractivity contribution >= 4 is 23.1 Å². The minimum absolute atomic E-state index is 0.0525. The Balaban J connectivity index is 1.94. The fourth-order valence-electron chi connectivity index (χ4n) is 2.41. The molecule has 2 aromatic rings. The van der Waals surface area contributed by atoms with Gasteiger partial charge < -0.3 is 15.8 Å². The molecule has 2 aromatic carbocycles. The van der Waals surface area contributed by atoms with Crippen LogP contribution in [-0.2, 0) is 11.2 Å². The van der Waals surface area contributed by atoms with Crippen molar-refractivity contribution < 1.29 is 14.3 Å². The van der Waals surface area contributed by atoms with Crippen molar-refractivity contribution in [2.75, 3.05) is 18.2 Å². The molecule has 0 saturated heterocycles. The average Bonchev–Trinajstić information content (AvgIpc) is 2.85. The number of hydrogen-bond donors (Lipinski definition) is 2. The minimum atomic E-state index is -0.133. The first-order valence-electron chi connectivity index (χ1n) is 6.49. The number of anilines is 2.